The minimum atomic E-state index is 0.354. The highest BCUT2D eigenvalue weighted by Crippen LogP contribution is 2.23. The average Bonchev–Trinajstić information content (AvgIpc) is 2.45. The highest BCUT2D eigenvalue weighted by molar-refractivity contribution is 5.25. The summed E-state index contributed by atoms with van der Waals surface area (Å²) in [5.41, 5.74) is 1.31. The molecule has 1 atom stereocenters. The molecule has 1 unspecified atom stereocenters. The predicted octanol–water partition coefficient (Wildman–Crippen LogP) is 3.88. The lowest BCUT2D eigenvalue weighted by molar-refractivity contribution is 0.327. The van der Waals surface area contributed by atoms with Crippen molar-refractivity contribution in [1.82, 2.24) is 5.32 Å². The monoisotopic (exact) mass is 261 g/mol. The van der Waals surface area contributed by atoms with Crippen molar-refractivity contribution in [2.75, 3.05) is 6.54 Å². The topological polar surface area (TPSA) is 32.3 Å². The Hall–Kier alpha value is -1.02. The largest absolute Gasteiger partial charge is 0.508 e. The van der Waals surface area contributed by atoms with Crippen LogP contribution in [0, 0.1) is 5.92 Å². The number of hydrogen-bond acceptors (Lipinski definition) is 2. The molecule has 0 amide bonds. The van der Waals surface area contributed by atoms with Gasteiger partial charge in [-0.2, -0.15) is 0 Å². The van der Waals surface area contributed by atoms with Crippen LogP contribution in [0.25, 0.3) is 0 Å². The molecule has 2 heteroatoms. The fourth-order valence-electron chi connectivity index (χ4n) is 2.91. The van der Waals surface area contributed by atoms with Gasteiger partial charge in [0.2, 0.25) is 0 Å². The van der Waals surface area contributed by atoms with Gasteiger partial charge in [0.1, 0.15) is 5.75 Å². The van der Waals surface area contributed by atoms with Gasteiger partial charge in [-0.3, -0.25) is 0 Å². The Morgan fingerprint density at radius 3 is 2.53 bits per heavy atom. The molecule has 0 radical (unpaired) electrons. The van der Waals surface area contributed by atoms with Crippen molar-refractivity contribution >= 4 is 0 Å². The van der Waals surface area contributed by atoms with E-state index in [-0.39, 0.29) is 0 Å². The van der Waals surface area contributed by atoms with E-state index in [9.17, 15) is 5.11 Å². The number of benzene rings is 1. The molecule has 0 spiro atoms. The zero-order valence-electron chi connectivity index (χ0n) is 12.1. The molecule has 0 bridgehead atoms. The molecule has 106 valence electrons. The second-order valence-corrected chi connectivity index (χ2v) is 6.02. The summed E-state index contributed by atoms with van der Waals surface area (Å²) in [6.45, 7) is 3.47. The van der Waals surface area contributed by atoms with Crippen LogP contribution in [0.1, 0.15) is 51.0 Å². The number of rotatable bonds is 6. The zero-order valence-corrected chi connectivity index (χ0v) is 12.1. The normalized spacial score (nSPS) is 18.4. The number of aryl methyl sites for hydroxylation is 1. The molecule has 2 N–H and O–H groups in total. The van der Waals surface area contributed by atoms with Crippen molar-refractivity contribution < 1.29 is 5.11 Å². The van der Waals surface area contributed by atoms with Gasteiger partial charge >= 0.3 is 0 Å². The summed E-state index contributed by atoms with van der Waals surface area (Å²) in [6.07, 6.45) is 9.36. The summed E-state index contributed by atoms with van der Waals surface area (Å²) in [6, 6.07) is 8.16. The Morgan fingerprint density at radius 2 is 1.84 bits per heavy atom. The molecule has 1 aromatic carbocycles. The third-order valence-electron chi connectivity index (χ3n) is 4.28. The lowest BCUT2D eigenvalue weighted by Gasteiger charge is -2.24. The Morgan fingerprint density at radius 1 is 1.16 bits per heavy atom. The Kier molecular flexibility index (Phi) is 5.71. The highest BCUT2D eigenvalue weighted by Gasteiger charge is 2.13. The molecule has 0 saturated heterocycles. The fourth-order valence-corrected chi connectivity index (χ4v) is 2.91. The summed E-state index contributed by atoms with van der Waals surface area (Å²) >= 11 is 0. The molecule has 1 aromatic rings. The number of nitrogens with one attached hydrogen (secondary N) is 1. The molecular weight excluding hydrogens is 234 g/mol. The van der Waals surface area contributed by atoms with Crippen molar-refractivity contribution in [3.63, 3.8) is 0 Å². The molecule has 0 aliphatic heterocycles. The quantitative estimate of drug-likeness (QED) is 0.814. The maximum Gasteiger partial charge on any atom is 0.115 e. The van der Waals surface area contributed by atoms with E-state index in [4.69, 9.17) is 0 Å². The van der Waals surface area contributed by atoms with Crippen LogP contribution in [-0.2, 0) is 6.42 Å². The van der Waals surface area contributed by atoms with Crippen LogP contribution < -0.4 is 5.32 Å². The van der Waals surface area contributed by atoms with E-state index in [0.29, 0.717) is 11.8 Å². The fraction of sp³-hybridized carbons (Fsp3) is 0.647. The van der Waals surface area contributed by atoms with Crippen LogP contribution in [0.5, 0.6) is 5.75 Å². The molecular formula is C17H27NO. The van der Waals surface area contributed by atoms with Gasteiger partial charge in [0, 0.05) is 6.04 Å². The molecule has 19 heavy (non-hydrogen) atoms. The van der Waals surface area contributed by atoms with E-state index < -0.39 is 0 Å². The van der Waals surface area contributed by atoms with Gasteiger partial charge in [0.25, 0.3) is 0 Å². The predicted molar refractivity (Wildman–Crippen MR) is 80.5 cm³/mol. The third-order valence-corrected chi connectivity index (χ3v) is 4.28. The minimum absolute atomic E-state index is 0.354. The smallest absolute Gasteiger partial charge is 0.115 e. The lowest BCUT2D eigenvalue weighted by Crippen LogP contribution is -2.32. The van der Waals surface area contributed by atoms with Gasteiger partial charge in [0.15, 0.2) is 0 Å². The van der Waals surface area contributed by atoms with Crippen LogP contribution in [0.15, 0.2) is 24.3 Å². The molecule has 1 fully saturated rings. The molecule has 1 aliphatic carbocycles. The number of phenolic OH excluding ortho intramolecular Hbond substituents is 1. The second kappa shape index (κ2) is 7.54. The average molecular weight is 261 g/mol. The van der Waals surface area contributed by atoms with E-state index in [1.54, 1.807) is 12.1 Å². The van der Waals surface area contributed by atoms with Gasteiger partial charge in [-0.25, -0.2) is 0 Å². The van der Waals surface area contributed by atoms with Gasteiger partial charge in [0.05, 0.1) is 0 Å². The van der Waals surface area contributed by atoms with E-state index in [0.717, 1.165) is 18.8 Å². The first-order valence-corrected chi connectivity index (χ1v) is 7.75. The van der Waals surface area contributed by atoms with Crippen molar-refractivity contribution in [2.24, 2.45) is 5.92 Å². The molecule has 0 aromatic heterocycles. The van der Waals surface area contributed by atoms with Crippen LogP contribution in [0.2, 0.25) is 0 Å². The maximum atomic E-state index is 9.25. The number of aromatic hydroxyl groups is 1. The second-order valence-electron chi connectivity index (χ2n) is 6.02. The van der Waals surface area contributed by atoms with Crippen LogP contribution in [0.3, 0.4) is 0 Å². The number of phenols is 1. The summed E-state index contributed by atoms with van der Waals surface area (Å²) in [4.78, 5) is 0. The van der Waals surface area contributed by atoms with Gasteiger partial charge in [-0.15, -0.1) is 0 Å². The first-order chi connectivity index (χ1) is 9.24. The molecule has 1 saturated carbocycles. The standard InChI is InChI=1S/C17H27NO/c1-14(18-13-16-5-3-2-4-6-16)7-8-15-9-11-17(19)12-10-15/h9-12,14,16,18-19H,2-8,13H2,1H3. The van der Waals surface area contributed by atoms with Crippen molar-refractivity contribution in [1.29, 1.82) is 0 Å². The van der Waals surface area contributed by atoms with Crippen molar-refractivity contribution in [2.45, 2.75) is 57.9 Å². The first-order valence-electron chi connectivity index (χ1n) is 7.75. The lowest BCUT2D eigenvalue weighted by atomic mass is 9.89. The molecule has 2 nitrogen and oxygen atoms in total. The van der Waals surface area contributed by atoms with Crippen LogP contribution in [0.4, 0.5) is 0 Å². The van der Waals surface area contributed by atoms with E-state index in [1.807, 2.05) is 12.1 Å². The summed E-state index contributed by atoms with van der Waals surface area (Å²) in [5, 5.41) is 12.9. The first kappa shape index (κ1) is 14.4. The molecule has 1 aliphatic rings. The van der Waals surface area contributed by atoms with E-state index in [1.165, 1.54) is 44.2 Å². The van der Waals surface area contributed by atoms with Gasteiger partial charge in [-0.05, 0) is 62.8 Å². The summed E-state index contributed by atoms with van der Waals surface area (Å²) in [7, 11) is 0. The molecule has 2 rings (SSSR count). The Bertz CT molecular complexity index is 354. The van der Waals surface area contributed by atoms with E-state index >= 15 is 0 Å². The zero-order chi connectivity index (χ0) is 13.5. The summed E-state index contributed by atoms with van der Waals surface area (Å²) < 4.78 is 0. The van der Waals surface area contributed by atoms with Crippen LogP contribution >= 0.6 is 0 Å². The number of hydrogen-bond donors (Lipinski definition) is 2. The SMILES string of the molecule is CC(CCc1ccc(O)cc1)NCC1CCCCC1. The van der Waals surface area contributed by atoms with Gasteiger partial charge in [-0.1, -0.05) is 31.4 Å². The van der Waals surface area contributed by atoms with Crippen molar-refractivity contribution in [3.8, 4) is 5.75 Å². The maximum absolute atomic E-state index is 9.25. The van der Waals surface area contributed by atoms with E-state index in [2.05, 4.69) is 12.2 Å². The minimum Gasteiger partial charge on any atom is -0.508 e. The Labute approximate surface area is 117 Å². The third kappa shape index (κ3) is 5.23. The molecule has 0 heterocycles. The van der Waals surface area contributed by atoms with Gasteiger partial charge < -0.3 is 10.4 Å². The highest BCUT2D eigenvalue weighted by atomic mass is 16.3. The Balaban J connectivity index is 1.63. The summed E-state index contributed by atoms with van der Waals surface area (Å²) in [5.74, 6) is 1.26. The van der Waals surface area contributed by atoms with Crippen LogP contribution in [-0.4, -0.2) is 17.7 Å². The van der Waals surface area contributed by atoms with Crippen molar-refractivity contribution in [3.05, 3.63) is 29.8 Å².